The van der Waals surface area contributed by atoms with E-state index >= 15 is 0 Å². The SMILES string of the molecule is C=O.CC(C)C=O.[K+].[OH-]. The van der Waals surface area contributed by atoms with E-state index in [9.17, 15) is 4.79 Å². The summed E-state index contributed by atoms with van der Waals surface area (Å²) in [5, 5.41) is 0. The van der Waals surface area contributed by atoms with Crippen LogP contribution in [0.3, 0.4) is 0 Å². The van der Waals surface area contributed by atoms with E-state index in [1.165, 1.54) is 0 Å². The van der Waals surface area contributed by atoms with E-state index in [1.54, 1.807) is 0 Å². The van der Waals surface area contributed by atoms with Gasteiger partial charge in [-0.25, -0.2) is 0 Å². The minimum atomic E-state index is 0. The van der Waals surface area contributed by atoms with Crippen LogP contribution in [0.4, 0.5) is 0 Å². The predicted octanol–water partition coefficient (Wildman–Crippen LogP) is -2.52. The van der Waals surface area contributed by atoms with Gasteiger partial charge in [0.2, 0.25) is 0 Å². The number of hydrogen-bond donors (Lipinski definition) is 0. The normalized spacial score (nSPS) is 5.22. The molecule has 0 amide bonds. The molecule has 0 aliphatic heterocycles. The Bertz CT molecular complexity index is 47.5. The number of aldehydes is 1. The molecule has 0 radical (unpaired) electrons. The second kappa shape index (κ2) is 23.1. The van der Waals surface area contributed by atoms with E-state index < -0.39 is 0 Å². The second-order valence-electron chi connectivity index (χ2n) is 1.38. The molecule has 9 heavy (non-hydrogen) atoms. The summed E-state index contributed by atoms with van der Waals surface area (Å²) in [6.07, 6.45) is 0.917. The van der Waals surface area contributed by atoms with Gasteiger partial charge >= 0.3 is 51.4 Å². The van der Waals surface area contributed by atoms with Gasteiger partial charge in [-0.2, -0.15) is 0 Å². The minimum Gasteiger partial charge on any atom is -0.870 e. The Hall–Kier alpha value is 0.936. The molecule has 0 aliphatic carbocycles. The minimum absolute atomic E-state index is 0. The maximum atomic E-state index is 9.50. The van der Waals surface area contributed by atoms with Gasteiger partial charge in [0.05, 0.1) is 0 Å². The summed E-state index contributed by atoms with van der Waals surface area (Å²) >= 11 is 0. The summed E-state index contributed by atoms with van der Waals surface area (Å²) < 4.78 is 0. The van der Waals surface area contributed by atoms with Gasteiger partial charge in [-0.3, -0.25) is 0 Å². The van der Waals surface area contributed by atoms with Crippen molar-refractivity contribution in [2.24, 2.45) is 5.92 Å². The molecular formula is C5H11KO3. The van der Waals surface area contributed by atoms with Gasteiger partial charge < -0.3 is 15.1 Å². The smallest absolute Gasteiger partial charge is 0.870 e. The van der Waals surface area contributed by atoms with Crippen LogP contribution in [0.1, 0.15) is 13.8 Å². The Morgan fingerprint density at radius 1 is 1.33 bits per heavy atom. The number of carbonyl (C=O) groups excluding carboxylic acids is 2. The third-order valence-corrected chi connectivity index (χ3v) is 0.272. The van der Waals surface area contributed by atoms with Gasteiger partial charge in [0, 0.05) is 5.92 Å². The van der Waals surface area contributed by atoms with Crippen LogP contribution in [-0.2, 0) is 9.59 Å². The molecule has 1 N–H and O–H groups in total. The third-order valence-electron chi connectivity index (χ3n) is 0.272. The Balaban J connectivity index is -0.0000000286. The first-order valence-corrected chi connectivity index (χ1v) is 2.01. The molecule has 0 fully saturated rings. The monoisotopic (exact) mass is 158 g/mol. The molecule has 0 saturated heterocycles. The molecule has 4 heteroatoms. The maximum Gasteiger partial charge on any atom is 1.00 e. The fourth-order valence-corrected chi connectivity index (χ4v) is 0. The van der Waals surface area contributed by atoms with Crippen molar-refractivity contribution in [1.29, 1.82) is 0 Å². The van der Waals surface area contributed by atoms with Crippen LogP contribution >= 0.6 is 0 Å². The number of rotatable bonds is 1. The number of hydrogen-bond acceptors (Lipinski definition) is 3. The van der Waals surface area contributed by atoms with Crippen molar-refractivity contribution in [3.8, 4) is 0 Å². The molecule has 0 atom stereocenters. The van der Waals surface area contributed by atoms with Gasteiger partial charge in [0.25, 0.3) is 0 Å². The summed E-state index contributed by atoms with van der Waals surface area (Å²) in [5.74, 6) is 0.204. The largest absolute Gasteiger partial charge is 1.00 e. The summed E-state index contributed by atoms with van der Waals surface area (Å²) in [5.41, 5.74) is 0. The van der Waals surface area contributed by atoms with Crippen LogP contribution in [0.5, 0.6) is 0 Å². The molecule has 0 unspecified atom stereocenters. The molecule has 0 rings (SSSR count). The molecule has 0 heterocycles. The molecule has 0 aliphatic rings. The fraction of sp³-hybridized carbons (Fsp3) is 0.600. The molecule has 0 aromatic heterocycles. The van der Waals surface area contributed by atoms with E-state index in [-0.39, 0.29) is 62.8 Å². The number of carbonyl (C=O) groups is 2. The van der Waals surface area contributed by atoms with Crippen molar-refractivity contribution in [2.45, 2.75) is 13.8 Å². The maximum absolute atomic E-state index is 9.50. The van der Waals surface area contributed by atoms with E-state index in [1.807, 2.05) is 20.6 Å². The van der Waals surface area contributed by atoms with Crippen molar-refractivity contribution in [2.75, 3.05) is 0 Å². The van der Waals surface area contributed by atoms with Gasteiger partial charge in [0.15, 0.2) is 0 Å². The van der Waals surface area contributed by atoms with Crippen LogP contribution in [-0.4, -0.2) is 18.6 Å². The van der Waals surface area contributed by atoms with Gasteiger partial charge in [-0.1, -0.05) is 13.8 Å². The zero-order chi connectivity index (χ0) is 6.28. The van der Waals surface area contributed by atoms with Crippen molar-refractivity contribution in [1.82, 2.24) is 0 Å². The first-order chi connectivity index (χ1) is 3.27. The summed E-state index contributed by atoms with van der Waals surface area (Å²) in [6, 6.07) is 0. The summed E-state index contributed by atoms with van der Waals surface area (Å²) in [6.45, 7) is 5.71. The zero-order valence-corrected chi connectivity index (χ0v) is 9.25. The third kappa shape index (κ3) is 49.9. The Morgan fingerprint density at radius 2 is 1.44 bits per heavy atom. The standard InChI is InChI=1S/C4H8O.CH2O.K.H2O/c1-4(2)3-5;1-2;;/h3-4H,1-2H3;1H2;;1H2/q;;+1;/p-1. The van der Waals surface area contributed by atoms with E-state index in [4.69, 9.17) is 4.79 Å². The Kier molecular flexibility index (Phi) is 57.8. The van der Waals surface area contributed by atoms with Crippen molar-refractivity contribution < 1.29 is 66.4 Å². The van der Waals surface area contributed by atoms with Crippen LogP contribution < -0.4 is 51.4 Å². The van der Waals surface area contributed by atoms with E-state index in [0.29, 0.717) is 0 Å². The molecule has 0 bridgehead atoms. The average Bonchev–Trinajstić information content (AvgIpc) is 1.73. The first-order valence-electron chi connectivity index (χ1n) is 2.01. The van der Waals surface area contributed by atoms with Crippen LogP contribution in [0.15, 0.2) is 0 Å². The Morgan fingerprint density at radius 3 is 1.44 bits per heavy atom. The van der Waals surface area contributed by atoms with Gasteiger partial charge in [-0.15, -0.1) is 0 Å². The molecule has 0 aromatic rings. The van der Waals surface area contributed by atoms with E-state index in [2.05, 4.69) is 0 Å². The first kappa shape index (κ1) is 22.5. The topological polar surface area (TPSA) is 64.1 Å². The molecular weight excluding hydrogens is 147 g/mol. The quantitative estimate of drug-likeness (QED) is 0.312. The molecule has 3 nitrogen and oxygen atoms in total. The second-order valence-corrected chi connectivity index (χ2v) is 1.38. The summed E-state index contributed by atoms with van der Waals surface area (Å²) in [4.78, 5) is 17.5. The predicted molar refractivity (Wildman–Crippen MR) is 30.0 cm³/mol. The van der Waals surface area contributed by atoms with Gasteiger partial charge in [-0.05, 0) is 0 Å². The van der Waals surface area contributed by atoms with Gasteiger partial charge in [0.1, 0.15) is 13.1 Å². The summed E-state index contributed by atoms with van der Waals surface area (Å²) in [7, 11) is 0. The molecule has 0 spiro atoms. The fourth-order valence-electron chi connectivity index (χ4n) is 0. The van der Waals surface area contributed by atoms with Crippen LogP contribution in [0.2, 0.25) is 0 Å². The van der Waals surface area contributed by atoms with E-state index in [0.717, 1.165) is 6.29 Å². The van der Waals surface area contributed by atoms with Crippen molar-refractivity contribution in [3.63, 3.8) is 0 Å². The van der Waals surface area contributed by atoms with Crippen LogP contribution in [0, 0.1) is 5.92 Å². The molecule has 0 aromatic carbocycles. The molecule has 50 valence electrons. The molecule has 0 saturated carbocycles. The zero-order valence-electron chi connectivity index (χ0n) is 6.13. The Labute approximate surface area is 97.9 Å². The van der Waals surface area contributed by atoms with Crippen LogP contribution in [0.25, 0.3) is 0 Å². The van der Waals surface area contributed by atoms with Crippen molar-refractivity contribution in [3.05, 3.63) is 0 Å². The van der Waals surface area contributed by atoms with Crippen molar-refractivity contribution >= 4 is 13.1 Å². The average molecular weight is 158 g/mol.